The average molecular weight is 296 g/mol. The Bertz CT molecular complexity index is 293. The first-order chi connectivity index (χ1) is 6.79. The third-order valence-electron chi connectivity index (χ3n) is 1.73. The second kappa shape index (κ2) is 6.59. The molecule has 0 saturated heterocycles. The van der Waals surface area contributed by atoms with Gasteiger partial charge in [0.1, 0.15) is 5.75 Å². The first kappa shape index (κ1) is 12.2. The molecule has 0 aliphatic heterocycles. The highest BCUT2D eigenvalue weighted by Crippen LogP contribution is 2.30. The molecule has 0 N–H and O–H groups in total. The van der Waals surface area contributed by atoms with Crippen molar-refractivity contribution in [2.45, 2.75) is 5.88 Å². The molecule has 4 heteroatoms. The fourth-order valence-electron chi connectivity index (χ4n) is 1.05. The lowest BCUT2D eigenvalue weighted by Crippen LogP contribution is -2.02. The largest absolute Gasteiger partial charge is 0.491 e. The Labute approximate surface area is 102 Å². The second-order valence-electron chi connectivity index (χ2n) is 2.70. The number of hydrogen-bond acceptors (Lipinski definition) is 2. The van der Waals surface area contributed by atoms with Crippen LogP contribution in [0.3, 0.4) is 0 Å². The minimum absolute atomic E-state index is 0.480. The SMILES string of the molecule is CSCCOc1c(Br)cccc1CCl. The summed E-state index contributed by atoms with van der Waals surface area (Å²) in [5.74, 6) is 2.34. The summed E-state index contributed by atoms with van der Waals surface area (Å²) < 4.78 is 6.62. The Hall–Kier alpha value is 0.140. The first-order valence-electron chi connectivity index (χ1n) is 4.24. The van der Waals surface area contributed by atoms with E-state index in [9.17, 15) is 0 Å². The number of ether oxygens (including phenoxy) is 1. The molecule has 0 aliphatic carbocycles. The standard InChI is InChI=1S/C10H12BrClOS/c1-14-6-5-13-10-8(7-12)3-2-4-9(10)11/h2-4H,5-7H2,1H3. The van der Waals surface area contributed by atoms with E-state index in [4.69, 9.17) is 16.3 Å². The lowest BCUT2D eigenvalue weighted by atomic mass is 10.2. The Morgan fingerprint density at radius 3 is 2.93 bits per heavy atom. The molecular weight excluding hydrogens is 284 g/mol. The van der Waals surface area contributed by atoms with Crippen molar-refractivity contribution in [3.63, 3.8) is 0 Å². The summed E-state index contributed by atoms with van der Waals surface area (Å²) in [5.41, 5.74) is 1.03. The zero-order chi connectivity index (χ0) is 10.4. The predicted molar refractivity (Wildman–Crippen MR) is 67.6 cm³/mol. The smallest absolute Gasteiger partial charge is 0.137 e. The van der Waals surface area contributed by atoms with Crippen LogP contribution in [0, 0.1) is 0 Å². The van der Waals surface area contributed by atoms with Gasteiger partial charge >= 0.3 is 0 Å². The molecule has 78 valence electrons. The average Bonchev–Trinajstić information content (AvgIpc) is 2.20. The van der Waals surface area contributed by atoms with Gasteiger partial charge in [0.05, 0.1) is 17.0 Å². The third kappa shape index (κ3) is 3.37. The van der Waals surface area contributed by atoms with E-state index >= 15 is 0 Å². The Kier molecular flexibility index (Phi) is 5.75. The lowest BCUT2D eigenvalue weighted by Gasteiger charge is -2.10. The van der Waals surface area contributed by atoms with Crippen LogP contribution < -0.4 is 4.74 Å². The van der Waals surface area contributed by atoms with Crippen molar-refractivity contribution in [1.82, 2.24) is 0 Å². The molecule has 1 aromatic carbocycles. The number of para-hydroxylation sites is 1. The second-order valence-corrected chi connectivity index (χ2v) is 4.81. The maximum atomic E-state index is 5.81. The van der Waals surface area contributed by atoms with Crippen LogP contribution in [0.15, 0.2) is 22.7 Å². The summed E-state index contributed by atoms with van der Waals surface area (Å²) in [4.78, 5) is 0. The molecule has 1 rings (SSSR count). The summed E-state index contributed by atoms with van der Waals surface area (Å²) in [6.07, 6.45) is 2.06. The number of hydrogen-bond donors (Lipinski definition) is 0. The molecule has 1 nitrogen and oxygen atoms in total. The molecular formula is C10H12BrClOS. The quantitative estimate of drug-likeness (QED) is 0.601. The van der Waals surface area contributed by atoms with E-state index in [0.717, 1.165) is 21.5 Å². The molecule has 0 aliphatic rings. The van der Waals surface area contributed by atoms with Gasteiger partial charge < -0.3 is 4.74 Å². The van der Waals surface area contributed by atoms with E-state index < -0.39 is 0 Å². The predicted octanol–water partition coefficient (Wildman–Crippen LogP) is 3.93. The number of benzene rings is 1. The third-order valence-corrected chi connectivity index (χ3v) is 3.21. The molecule has 1 aromatic rings. The van der Waals surface area contributed by atoms with E-state index in [1.807, 2.05) is 18.2 Å². The number of rotatable bonds is 5. The van der Waals surface area contributed by atoms with Crippen molar-refractivity contribution >= 4 is 39.3 Å². The van der Waals surface area contributed by atoms with Crippen LogP contribution in [-0.4, -0.2) is 18.6 Å². The zero-order valence-corrected chi connectivity index (χ0v) is 11.1. The maximum absolute atomic E-state index is 5.81. The van der Waals surface area contributed by atoms with Crippen LogP contribution in [0.25, 0.3) is 0 Å². The van der Waals surface area contributed by atoms with Gasteiger partial charge in [-0.25, -0.2) is 0 Å². The van der Waals surface area contributed by atoms with Gasteiger partial charge in [0.15, 0.2) is 0 Å². The topological polar surface area (TPSA) is 9.23 Å². The number of halogens is 2. The molecule has 0 atom stereocenters. The summed E-state index contributed by atoms with van der Waals surface area (Å²) >= 11 is 11.0. The molecule has 14 heavy (non-hydrogen) atoms. The van der Waals surface area contributed by atoms with Crippen molar-refractivity contribution in [2.24, 2.45) is 0 Å². The van der Waals surface area contributed by atoms with Crippen LogP contribution in [-0.2, 0) is 5.88 Å². The van der Waals surface area contributed by atoms with Gasteiger partial charge in [-0.05, 0) is 28.3 Å². The maximum Gasteiger partial charge on any atom is 0.137 e. The molecule has 0 spiro atoms. The Balaban J connectivity index is 2.72. The minimum atomic E-state index is 0.480. The number of alkyl halides is 1. The highest BCUT2D eigenvalue weighted by molar-refractivity contribution is 9.10. The van der Waals surface area contributed by atoms with Crippen molar-refractivity contribution < 1.29 is 4.74 Å². The highest BCUT2D eigenvalue weighted by Gasteiger charge is 2.06. The van der Waals surface area contributed by atoms with E-state index in [1.54, 1.807) is 11.8 Å². The fraction of sp³-hybridized carbons (Fsp3) is 0.400. The molecule has 0 saturated carbocycles. The number of thioether (sulfide) groups is 1. The van der Waals surface area contributed by atoms with E-state index in [-0.39, 0.29) is 0 Å². The Morgan fingerprint density at radius 2 is 2.29 bits per heavy atom. The molecule has 0 aromatic heterocycles. The molecule has 0 amide bonds. The van der Waals surface area contributed by atoms with E-state index in [2.05, 4.69) is 22.2 Å². The van der Waals surface area contributed by atoms with Crippen LogP contribution in [0.2, 0.25) is 0 Å². The minimum Gasteiger partial charge on any atom is -0.491 e. The Morgan fingerprint density at radius 1 is 1.50 bits per heavy atom. The van der Waals surface area contributed by atoms with Gasteiger partial charge in [-0.1, -0.05) is 12.1 Å². The normalized spacial score (nSPS) is 10.2. The van der Waals surface area contributed by atoms with Gasteiger partial charge in [-0.15, -0.1) is 11.6 Å². The van der Waals surface area contributed by atoms with Crippen molar-refractivity contribution in [1.29, 1.82) is 0 Å². The van der Waals surface area contributed by atoms with E-state index in [0.29, 0.717) is 12.5 Å². The van der Waals surface area contributed by atoms with Crippen LogP contribution in [0.4, 0.5) is 0 Å². The summed E-state index contributed by atoms with van der Waals surface area (Å²) in [6.45, 7) is 0.716. The van der Waals surface area contributed by atoms with Crippen molar-refractivity contribution in [3.8, 4) is 5.75 Å². The molecule has 0 unspecified atom stereocenters. The summed E-state index contributed by atoms with van der Waals surface area (Å²) in [7, 11) is 0. The van der Waals surface area contributed by atoms with E-state index in [1.165, 1.54) is 0 Å². The van der Waals surface area contributed by atoms with Crippen molar-refractivity contribution in [2.75, 3.05) is 18.6 Å². The zero-order valence-electron chi connectivity index (χ0n) is 7.93. The van der Waals surface area contributed by atoms with Gasteiger partial charge in [-0.2, -0.15) is 11.8 Å². The van der Waals surface area contributed by atoms with Gasteiger partial charge in [0.25, 0.3) is 0 Å². The van der Waals surface area contributed by atoms with Gasteiger partial charge in [0.2, 0.25) is 0 Å². The van der Waals surface area contributed by atoms with Crippen LogP contribution in [0.1, 0.15) is 5.56 Å². The molecule has 0 fully saturated rings. The molecule has 0 heterocycles. The van der Waals surface area contributed by atoms with Crippen LogP contribution in [0.5, 0.6) is 5.75 Å². The fourth-order valence-corrected chi connectivity index (χ4v) is 2.03. The highest BCUT2D eigenvalue weighted by atomic mass is 79.9. The monoisotopic (exact) mass is 294 g/mol. The lowest BCUT2D eigenvalue weighted by molar-refractivity contribution is 0.339. The first-order valence-corrected chi connectivity index (χ1v) is 6.96. The van der Waals surface area contributed by atoms with Gasteiger partial charge in [0, 0.05) is 11.3 Å². The summed E-state index contributed by atoms with van der Waals surface area (Å²) in [5, 5.41) is 0. The molecule has 0 radical (unpaired) electrons. The van der Waals surface area contributed by atoms with Crippen LogP contribution >= 0.6 is 39.3 Å². The summed E-state index contributed by atoms with van der Waals surface area (Å²) in [6, 6.07) is 5.90. The molecule has 0 bridgehead atoms. The van der Waals surface area contributed by atoms with Gasteiger partial charge in [-0.3, -0.25) is 0 Å². The van der Waals surface area contributed by atoms with Crippen molar-refractivity contribution in [3.05, 3.63) is 28.2 Å².